The lowest BCUT2D eigenvalue weighted by atomic mass is 10.1. The van der Waals surface area contributed by atoms with E-state index in [1.165, 1.54) is 18.5 Å². The van der Waals surface area contributed by atoms with Crippen molar-refractivity contribution in [1.29, 1.82) is 0 Å². The van der Waals surface area contributed by atoms with Crippen LogP contribution in [0.5, 0.6) is 0 Å². The fourth-order valence-corrected chi connectivity index (χ4v) is 2.43. The van der Waals surface area contributed by atoms with Gasteiger partial charge in [-0.1, -0.05) is 23.7 Å². The summed E-state index contributed by atoms with van der Waals surface area (Å²) in [5, 5.41) is 6.09. The van der Waals surface area contributed by atoms with Gasteiger partial charge in [0.1, 0.15) is 23.1 Å². The molecule has 0 atom stereocenters. The third-order valence-corrected chi connectivity index (χ3v) is 3.94. The maximum absolute atomic E-state index is 13.6. The number of carbonyl (C=O) groups is 1. The SMILES string of the molecule is O=C(NCCc1ccc(Cl)cc1)c1cnc(Nc2ccc(F)cc2F)cn1. The molecule has 8 heteroatoms. The first-order valence-corrected chi connectivity index (χ1v) is 8.46. The predicted molar refractivity (Wildman–Crippen MR) is 99.2 cm³/mol. The molecule has 1 amide bonds. The summed E-state index contributed by atoms with van der Waals surface area (Å²) in [6.07, 6.45) is 3.23. The molecule has 5 nitrogen and oxygen atoms in total. The monoisotopic (exact) mass is 388 g/mol. The van der Waals surface area contributed by atoms with Crippen molar-refractivity contribution >= 4 is 29.0 Å². The summed E-state index contributed by atoms with van der Waals surface area (Å²) in [5.41, 5.74) is 1.24. The van der Waals surface area contributed by atoms with Crippen LogP contribution in [0.4, 0.5) is 20.3 Å². The molecule has 0 aliphatic rings. The third kappa shape index (κ3) is 5.21. The van der Waals surface area contributed by atoms with Crippen molar-refractivity contribution in [2.45, 2.75) is 6.42 Å². The van der Waals surface area contributed by atoms with Crippen molar-refractivity contribution in [3.05, 3.63) is 82.8 Å². The van der Waals surface area contributed by atoms with Crippen LogP contribution in [0.1, 0.15) is 16.1 Å². The molecule has 0 unspecified atom stereocenters. The van der Waals surface area contributed by atoms with Gasteiger partial charge in [-0.3, -0.25) is 4.79 Å². The number of nitrogens with zero attached hydrogens (tertiary/aromatic N) is 2. The van der Waals surface area contributed by atoms with Crippen LogP contribution in [0.2, 0.25) is 5.02 Å². The predicted octanol–water partition coefficient (Wildman–Crippen LogP) is 4.12. The number of hydrogen-bond donors (Lipinski definition) is 2. The highest BCUT2D eigenvalue weighted by molar-refractivity contribution is 6.30. The van der Waals surface area contributed by atoms with Gasteiger partial charge in [-0.15, -0.1) is 0 Å². The average Bonchev–Trinajstić information content (AvgIpc) is 2.66. The van der Waals surface area contributed by atoms with Gasteiger partial charge in [-0.25, -0.2) is 18.7 Å². The molecule has 1 aromatic heterocycles. The Morgan fingerprint density at radius 2 is 1.81 bits per heavy atom. The Hall–Kier alpha value is -3.06. The van der Waals surface area contributed by atoms with E-state index in [-0.39, 0.29) is 23.1 Å². The van der Waals surface area contributed by atoms with Gasteiger partial charge in [0.15, 0.2) is 0 Å². The fraction of sp³-hybridized carbons (Fsp3) is 0.105. The second kappa shape index (κ2) is 8.55. The topological polar surface area (TPSA) is 66.9 Å². The maximum Gasteiger partial charge on any atom is 0.271 e. The molecule has 27 heavy (non-hydrogen) atoms. The van der Waals surface area contributed by atoms with E-state index in [1.54, 1.807) is 12.1 Å². The van der Waals surface area contributed by atoms with Crippen molar-refractivity contribution in [3.63, 3.8) is 0 Å². The molecular formula is C19H15ClF2N4O. The molecule has 0 aliphatic carbocycles. The molecule has 2 N–H and O–H groups in total. The van der Waals surface area contributed by atoms with Crippen LogP contribution in [-0.2, 0) is 6.42 Å². The molecule has 138 valence electrons. The van der Waals surface area contributed by atoms with Gasteiger partial charge in [0.05, 0.1) is 18.1 Å². The molecule has 0 saturated carbocycles. The van der Waals surface area contributed by atoms with E-state index < -0.39 is 11.6 Å². The van der Waals surface area contributed by atoms with E-state index in [4.69, 9.17) is 11.6 Å². The lowest BCUT2D eigenvalue weighted by molar-refractivity contribution is 0.0949. The van der Waals surface area contributed by atoms with Crippen molar-refractivity contribution in [2.24, 2.45) is 0 Å². The van der Waals surface area contributed by atoms with Crippen LogP contribution in [0.15, 0.2) is 54.9 Å². The number of carbonyl (C=O) groups excluding carboxylic acids is 1. The standard InChI is InChI=1S/C19H15ClF2N4O/c20-13-3-1-12(2-4-13)7-8-23-19(27)17-10-25-18(11-24-17)26-16-6-5-14(21)9-15(16)22/h1-6,9-11H,7-8H2,(H,23,27)(H,25,26). The van der Waals surface area contributed by atoms with E-state index in [2.05, 4.69) is 20.6 Å². The number of amides is 1. The summed E-state index contributed by atoms with van der Waals surface area (Å²) in [5.74, 6) is -1.55. The Bertz CT molecular complexity index is 933. The first kappa shape index (κ1) is 18.7. The van der Waals surface area contributed by atoms with Crippen LogP contribution >= 0.6 is 11.6 Å². The highest BCUT2D eigenvalue weighted by Gasteiger charge is 2.09. The van der Waals surface area contributed by atoms with Crippen molar-refractivity contribution in [3.8, 4) is 0 Å². The maximum atomic E-state index is 13.6. The van der Waals surface area contributed by atoms with Gasteiger partial charge in [0.25, 0.3) is 5.91 Å². The number of aromatic nitrogens is 2. The largest absolute Gasteiger partial charge is 0.350 e. The summed E-state index contributed by atoms with van der Waals surface area (Å²) >= 11 is 5.83. The Morgan fingerprint density at radius 3 is 2.48 bits per heavy atom. The molecule has 3 rings (SSSR count). The van der Waals surface area contributed by atoms with Crippen LogP contribution in [-0.4, -0.2) is 22.4 Å². The van der Waals surface area contributed by atoms with Gasteiger partial charge in [-0.2, -0.15) is 0 Å². The van der Waals surface area contributed by atoms with Crippen LogP contribution in [0.25, 0.3) is 0 Å². The lowest BCUT2D eigenvalue weighted by Gasteiger charge is -2.08. The highest BCUT2D eigenvalue weighted by Crippen LogP contribution is 2.18. The van der Waals surface area contributed by atoms with E-state index in [1.807, 2.05) is 12.1 Å². The van der Waals surface area contributed by atoms with E-state index >= 15 is 0 Å². The number of halogens is 3. The van der Waals surface area contributed by atoms with Crippen LogP contribution in [0, 0.1) is 11.6 Å². The second-order valence-electron chi connectivity index (χ2n) is 5.67. The molecule has 3 aromatic rings. The molecule has 0 saturated heterocycles. The van der Waals surface area contributed by atoms with E-state index in [9.17, 15) is 13.6 Å². The minimum absolute atomic E-state index is 0.0610. The third-order valence-electron chi connectivity index (χ3n) is 3.69. The zero-order chi connectivity index (χ0) is 19.2. The summed E-state index contributed by atoms with van der Waals surface area (Å²) in [6.45, 7) is 0.433. The van der Waals surface area contributed by atoms with E-state index in [0.29, 0.717) is 18.0 Å². The average molecular weight is 389 g/mol. The summed E-state index contributed by atoms with van der Waals surface area (Å²) in [6, 6.07) is 10.5. The quantitative estimate of drug-likeness (QED) is 0.666. The Labute approximate surface area is 159 Å². The molecule has 0 spiro atoms. The minimum atomic E-state index is -0.749. The van der Waals surface area contributed by atoms with Crippen molar-refractivity contribution in [2.75, 3.05) is 11.9 Å². The second-order valence-corrected chi connectivity index (χ2v) is 6.10. The highest BCUT2D eigenvalue weighted by atomic mass is 35.5. The normalized spacial score (nSPS) is 10.5. The van der Waals surface area contributed by atoms with E-state index in [0.717, 1.165) is 17.7 Å². The van der Waals surface area contributed by atoms with Gasteiger partial charge in [0.2, 0.25) is 0 Å². The Kier molecular flexibility index (Phi) is 5.93. The van der Waals surface area contributed by atoms with Crippen LogP contribution < -0.4 is 10.6 Å². The minimum Gasteiger partial charge on any atom is -0.350 e. The number of anilines is 2. The molecule has 0 aliphatic heterocycles. The molecule has 0 radical (unpaired) electrons. The number of rotatable bonds is 6. The zero-order valence-electron chi connectivity index (χ0n) is 14.0. The smallest absolute Gasteiger partial charge is 0.271 e. The van der Waals surface area contributed by atoms with Gasteiger partial charge < -0.3 is 10.6 Å². The lowest BCUT2D eigenvalue weighted by Crippen LogP contribution is -2.26. The summed E-state index contributed by atoms with van der Waals surface area (Å²) < 4.78 is 26.5. The van der Waals surface area contributed by atoms with Gasteiger partial charge in [-0.05, 0) is 36.2 Å². The Morgan fingerprint density at radius 1 is 1.04 bits per heavy atom. The van der Waals surface area contributed by atoms with Gasteiger partial charge in [0, 0.05) is 17.6 Å². The van der Waals surface area contributed by atoms with Gasteiger partial charge >= 0.3 is 0 Å². The number of hydrogen-bond acceptors (Lipinski definition) is 4. The molecule has 2 aromatic carbocycles. The number of nitrogens with one attached hydrogen (secondary N) is 2. The first-order valence-electron chi connectivity index (χ1n) is 8.08. The first-order chi connectivity index (χ1) is 13.0. The molecule has 1 heterocycles. The molecular weight excluding hydrogens is 374 g/mol. The number of benzene rings is 2. The summed E-state index contributed by atoms with van der Waals surface area (Å²) in [7, 11) is 0. The Balaban J connectivity index is 1.54. The fourth-order valence-electron chi connectivity index (χ4n) is 2.30. The van der Waals surface area contributed by atoms with Crippen molar-refractivity contribution in [1.82, 2.24) is 15.3 Å². The van der Waals surface area contributed by atoms with Crippen LogP contribution in [0.3, 0.4) is 0 Å². The van der Waals surface area contributed by atoms with Crippen molar-refractivity contribution < 1.29 is 13.6 Å². The zero-order valence-corrected chi connectivity index (χ0v) is 14.8. The molecule has 0 fully saturated rings. The summed E-state index contributed by atoms with van der Waals surface area (Å²) in [4.78, 5) is 20.1. The molecule has 0 bridgehead atoms.